The Balaban J connectivity index is 1.04. The number of nitrogens with zero attached hydrogens (tertiary/aromatic N) is 2. The Morgan fingerprint density at radius 2 is 1.97 bits per heavy atom. The van der Waals surface area contributed by atoms with Gasteiger partial charge in [-0.2, -0.15) is 0 Å². The fourth-order valence-electron chi connectivity index (χ4n) is 4.96. The van der Waals surface area contributed by atoms with Crippen LogP contribution in [-0.4, -0.2) is 47.8 Å². The number of nitrogens with one attached hydrogen (secondary N) is 1. The van der Waals surface area contributed by atoms with Gasteiger partial charge in [0, 0.05) is 60.5 Å². The van der Waals surface area contributed by atoms with Crippen LogP contribution in [0, 0.1) is 6.92 Å². The number of hydrogen-bond acceptors (Lipinski definition) is 5. The molecule has 0 aliphatic carbocycles. The molecule has 5 nitrogen and oxygen atoms in total. The highest BCUT2D eigenvalue weighted by Gasteiger charge is 2.23. The highest BCUT2D eigenvalue weighted by molar-refractivity contribution is 7.18. The second kappa shape index (κ2) is 12.2. The van der Waals surface area contributed by atoms with Gasteiger partial charge in [0.2, 0.25) is 0 Å². The highest BCUT2D eigenvalue weighted by Crippen LogP contribution is 2.33. The summed E-state index contributed by atoms with van der Waals surface area (Å²) in [6.07, 6.45) is 11.9. The van der Waals surface area contributed by atoms with Crippen molar-refractivity contribution in [1.29, 1.82) is 0 Å². The van der Waals surface area contributed by atoms with Crippen LogP contribution in [0.15, 0.2) is 54.7 Å². The predicted molar refractivity (Wildman–Crippen MR) is 151 cm³/mol. The number of H-pyrrole nitrogens is 1. The van der Waals surface area contributed by atoms with Crippen molar-refractivity contribution in [2.75, 3.05) is 32.9 Å². The van der Waals surface area contributed by atoms with E-state index in [1.807, 2.05) is 31.2 Å². The van der Waals surface area contributed by atoms with Gasteiger partial charge in [-0.1, -0.05) is 29.8 Å². The minimum Gasteiger partial charge on any atom is -0.494 e. The molecule has 0 radical (unpaired) electrons. The van der Waals surface area contributed by atoms with E-state index in [0.29, 0.717) is 12.6 Å². The Kier molecular flexibility index (Phi) is 8.59. The molecule has 1 aliphatic rings. The molecule has 1 aliphatic heterocycles. The molecule has 1 atom stereocenters. The summed E-state index contributed by atoms with van der Waals surface area (Å²) in [4.78, 5) is 10.5. The van der Waals surface area contributed by atoms with Crippen LogP contribution in [0.5, 0.6) is 5.75 Å². The fraction of sp³-hybridized carbons (Fsp3) is 0.414. The Morgan fingerprint density at radius 3 is 2.86 bits per heavy atom. The van der Waals surface area contributed by atoms with Gasteiger partial charge >= 0.3 is 0 Å². The van der Waals surface area contributed by atoms with Crippen molar-refractivity contribution < 1.29 is 9.47 Å². The first-order chi connectivity index (χ1) is 17.7. The van der Waals surface area contributed by atoms with Gasteiger partial charge in [-0.25, -0.2) is 4.98 Å². The number of unbranched alkanes of at least 4 members (excludes halogenated alkanes) is 1. The molecule has 1 unspecified atom stereocenters. The van der Waals surface area contributed by atoms with E-state index in [4.69, 9.17) is 21.1 Å². The minimum absolute atomic E-state index is 0.376. The molecule has 7 heteroatoms. The van der Waals surface area contributed by atoms with E-state index in [9.17, 15) is 0 Å². The number of aromatic amines is 1. The van der Waals surface area contributed by atoms with Crippen molar-refractivity contribution in [2.45, 2.75) is 45.1 Å². The molecule has 0 saturated heterocycles. The number of hydrogen-bond donors (Lipinski definition) is 1. The molecule has 0 saturated carbocycles. The molecule has 5 rings (SSSR count). The molecule has 0 spiro atoms. The number of aromatic nitrogens is 2. The number of aryl methyl sites for hydroxylation is 1. The number of benzene rings is 2. The number of rotatable bonds is 12. The van der Waals surface area contributed by atoms with E-state index in [1.54, 1.807) is 11.3 Å². The van der Waals surface area contributed by atoms with Crippen molar-refractivity contribution in [1.82, 2.24) is 14.9 Å². The first-order valence-electron chi connectivity index (χ1n) is 12.9. The average molecular weight is 524 g/mol. The lowest BCUT2D eigenvalue weighted by molar-refractivity contribution is 0.112. The summed E-state index contributed by atoms with van der Waals surface area (Å²) in [5.74, 6) is 0.895. The lowest BCUT2D eigenvalue weighted by atomic mass is 9.98. The number of ether oxygens (including phenoxy) is 2. The third kappa shape index (κ3) is 6.30. The number of fused-ring (bicyclic) bond motifs is 2. The van der Waals surface area contributed by atoms with Crippen LogP contribution in [0.4, 0.5) is 0 Å². The Bertz CT molecular complexity index is 1310. The molecule has 2 aromatic heterocycles. The molecule has 190 valence electrons. The van der Waals surface area contributed by atoms with Crippen LogP contribution in [0.2, 0.25) is 5.02 Å². The topological polar surface area (TPSA) is 50.4 Å². The van der Waals surface area contributed by atoms with Gasteiger partial charge in [0.25, 0.3) is 0 Å². The number of halogens is 1. The maximum atomic E-state index is 6.21. The van der Waals surface area contributed by atoms with E-state index >= 15 is 0 Å². The van der Waals surface area contributed by atoms with Crippen LogP contribution in [0.1, 0.15) is 48.7 Å². The van der Waals surface area contributed by atoms with E-state index in [1.165, 1.54) is 15.6 Å². The normalized spacial score (nSPS) is 15.2. The Morgan fingerprint density at radius 1 is 1.08 bits per heavy atom. The van der Waals surface area contributed by atoms with Gasteiger partial charge < -0.3 is 14.5 Å². The van der Waals surface area contributed by atoms with Crippen molar-refractivity contribution in [3.8, 4) is 5.75 Å². The molecule has 0 amide bonds. The van der Waals surface area contributed by atoms with Crippen molar-refractivity contribution in [2.24, 2.45) is 0 Å². The highest BCUT2D eigenvalue weighted by atomic mass is 35.5. The van der Waals surface area contributed by atoms with Gasteiger partial charge in [-0.05, 0) is 68.9 Å². The van der Waals surface area contributed by atoms with E-state index in [0.717, 1.165) is 85.2 Å². The molecule has 3 heterocycles. The first kappa shape index (κ1) is 25.3. The maximum Gasteiger partial charge on any atom is 0.121 e. The second-order valence-electron chi connectivity index (χ2n) is 9.38. The van der Waals surface area contributed by atoms with E-state index in [2.05, 4.69) is 45.3 Å². The Hall–Kier alpha value is -2.38. The van der Waals surface area contributed by atoms with Crippen LogP contribution >= 0.6 is 22.9 Å². The second-order valence-corrected chi connectivity index (χ2v) is 11.0. The van der Waals surface area contributed by atoms with Gasteiger partial charge in [0.15, 0.2) is 0 Å². The average Bonchev–Trinajstić information content (AvgIpc) is 3.47. The van der Waals surface area contributed by atoms with Gasteiger partial charge in [-0.15, -0.1) is 11.3 Å². The predicted octanol–water partition coefficient (Wildman–Crippen LogP) is 7.70. The molecule has 0 bridgehead atoms. The standard InChI is InChI=1S/C29H34ClN3O2S/c1-21-32-27-19-23(10-12-29(27)36-21)35-17-6-5-15-34-16-7-8-28(33-13-3-2-4-14-33)25-20-31-26-18-22(30)9-11-24(25)26/h2-3,9-12,18-20,28,31H,4-8,13-17H2,1H3. The maximum absolute atomic E-state index is 6.21. The van der Waals surface area contributed by atoms with E-state index in [-0.39, 0.29) is 0 Å². The molecular weight excluding hydrogens is 490 g/mol. The summed E-state index contributed by atoms with van der Waals surface area (Å²) in [7, 11) is 0. The van der Waals surface area contributed by atoms with Crippen molar-refractivity contribution in [3.05, 3.63) is 70.3 Å². The molecule has 0 fully saturated rings. The van der Waals surface area contributed by atoms with Crippen LogP contribution in [0.25, 0.3) is 21.1 Å². The zero-order valence-corrected chi connectivity index (χ0v) is 22.4. The summed E-state index contributed by atoms with van der Waals surface area (Å²) < 4.78 is 13.1. The Labute approximate surface area is 222 Å². The van der Waals surface area contributed by atoms with Gasteiger partial charge in [0.05, 0.1) is 21.8 Å². The zero-order valence-electron chi connectivity index (χ0n) is 20.8. The zero-order chi connectivity index (χ0) is 24.7. The monoisotopic (exact) mass is 523 g/mol. The largest absolute Gasteiger partial charge is 0.494 e. The molecule has 1 N–H and O–H groups in total. The smallest absolute Gasteiger partial charge is 0.121 e. The lowest BCUT2D eigenvalue weighted by Crippen LogP contribution is -2.32. The van der Waals surface area contributed by atoms with Crippen LogP contribution in [-0.2, 0) is 4.74 Å². The van der Waals surface area contributed by atoms with Crippen LogP contribution < -0.4 is 4.74 Å². The third-order valence-electron chi connectivity index (χ3n) is 6.75. The van der Waals surface area contributed by atoms with E-state index < -0.39 is 0 Å². The minimum atomic E-state index is 0.376. The molecule has 4 aromatic rings. The van der Waals surface area contributed by atoms with Gasteiger partial charge in [-0.3, -0.25) is 4.90 Å². The van der Waals surface area contributed by atoms with Crippen LogP contribution in [0.3, 0.4) is 0 Å². The fourth-order valence-corrected chi connectivity index (χ4v) is 5.94. The summed E-state index contributed by atoms with van der Waals surface area (Å²) in [6, 6.07) is 12.7. The SMILES string of the molecule is Cc1nc2cc(OCCCCOCCCC(c3c[nH]c4cc(Cl)ccc34)N3CC=CCC3)ccc2s1. The summed E-state index contributed by atoms with van der Waals surface area (Å²) in [5, 5.41) is 3.12. The van der Waals surface area contributed by atoms with Crippen molar-refractivity contribution >= 4 is 44.1 Å². The summed E-state index contributed by atoms with van der Waals surface area (Å²) >= 11 is 7.92. The van der Waals surface area contributed by atoms with Gasteiger partial charge in [0.1, 0.15) is 5.75 Å². The summed E-state index contributed by atoms with van der Waals surface area (Å²) in [6.45, 7) is 6.39. The third-order valence-corrected chi connectivity index (χ3v) is 7.94. The van der Waals surface area contributed by atoms with Crippen molar-refractivity contribution in [3.63, 3.8) is 0 Å². The molecular formula is C29H34ClN3O2S. The number of thiazole rings is 1. The lowest BCUT2D eigenvalue weighted by Gasteiger charge is -2.32. The summed E-state index contributed by atoms with van der Waals surface area (Å²) in [5.41, 5.74) is 3.49. The molecule has 2 aromatic carbocycles. The quantitative estimate of drug-likeness (QED) is 0.153. The first-order valence-corrected chi connectivity index (χ1v) is 14.1. The molecule has 36 heavy (non-hydrogen) atoms.